The second-order valence-corrected chi connectivity index (χ2v) is 8.54. The monoisotopic (exact) mass is 352 g/mol. The molecule has 0 N–H and O–H groups in total. The van der Waals surface area contributed by atoms with Gasteiger partial charge in [-0.25, -0.2) is 13.0 Å². The quantitative estimate of drug-likeness (QED) is 0.763. The standard InChI is InChI=1S/C15H20N4O4S/c1-18(12-5-6-24(21,22)10-12)9-15(20)19(2)8-11-3-4-13-14(7-11)17-23-16-13/h3-4,7,12H,5-6,8-10H2,1-2H3/t12-/m0/s1. The maximum absolute atomic E-state index is 12.4. The lowest BCUT2D eigenvalue weighted by Gasteiger charge is -2.25. The van der Waals surface area contributed by atoms with Crippen molar-refractivity contribution in [3.05, 3.63) is 23.8 Å². The number of carbonyl (C=O) groups excluding carboxylic acids is 1. The van der Waals surface area contributed by atoms with Crippen molar-refractivity contribution >= 4 is 26.8 Å². The summed E-state index contributed by atoms with van der Waals surface area (Å²) in [6.45, 7) is 0.642. The van der Waals surface area contributed by atoms with Crippen molar-refractivity contribution in [3.8, 4) is 0 Å². The summed E-state index contributed by atoms with van der Waals surface area (Å²) in [5.41, 5.74) is 2.26. The molecule has 1 fully saturated rings. The molecule has 1 aromatic heterocycles. The Labute approximate surface area is 140 Å². The summed E-state index contributed by atoms with van der Waals surface area (Å²) in [5.74, 6) is 0.286. The smallest absolute Gasteiger partial charge is 0.236 e. The van der Waals surface area contributed by atoms with Crippen molar-refractivity contribution in [1.29, 1.82) is 0 Å². The van der Waals surface area contributed by atoms with E-state index in [9.17, 15) is 13.2 Å². The van der Waals surface area contributed by atoms with Gasteiger partial charge in [0.15, 0.2) is 9.84 Å². The first-order valence-corrected chi connectivity index (χ1v) is 9.52. The van der Waals surface area contributed by atoms with Crippen LogP contribution in [0.1, 0.15) is 12.0 Å². The van der Waals surface area contributed by atoms with E-state index in [4.69, 9.17) is 0 Å². The van der Waals surface area contributed by atoms with Crippen LogP contribution in [0.15, 0.2) is 22.8 Å². The van der Waals surface area contributed by atoms with Gasteiger partial charge in [-0.1, -0.05) is 6.07 Å². The molecular weight excluding hydrogens is 332 g/mol. The van der Waals surface area contributed by atoms with Crippen molar-refractivity contribution in [2.45, 2.75) is 19.0 Å². The lowest BCUT2D eigenvalue weighted by molar-refractivity contribution is -0.131. The molecule has 2 aromatic rings. The largest absolute Gasteiger partial charge is 0.340 e. The number of hydrogen-bond donors (Lipinski definition) is 0. The SMILES string of the molecule is CN(Cc1ccc2nonc2c1)C(=O)CN(C)[C@H]1CCS(=O)(=O)C1. The van der Waals surface area contributed by atoms with Crippen molar-refractivity contribution in [2.24, 2.45) is 0 Å². The Morgan fingerprint density at radius 3 is 2.75 bits per heavy atom. The fourth-order valence-electron chi connectivity index (χ4n) is 2.87. The van der Waals surface area contributed by atoms with Crippen LogP contribution in [-0.2, 0) is 21.2 Å². The summed E-state index contributed by atoms with van der Waals surface area (Å²) in [4.78, 5) is 15.8. The number of nitrogens with zero attached hydrogens (tertiary/aromatic N) is 4. The van der Waals surface area contributed by atoms with E-state index < -0.39 is 9.84 Å². The van der Waals surface area contributed by atoms with Crippen LogP contribution in [0.5, 0.6) is 0 Å². The number of likely N-dealkylation sites (N-methyl/N-ethyl adjacent to an activating group) is 2. The van der Waals surface area contributed by atoms with Crippen molar-refractivity contribution in [2.75, 3.05) is 32.1 Å². The maximum Gasteiger partial charge on any atom is 0.236 e. The van der Waals surface area contributed by atoms with Gasteiger partial charge >= 0.3 is 0 Å². The van der Waals surface area contributed by atoms with Crippen molar-refractivity contribution in [1.82, 2.24) is 20.1 Å². The van der Waals surface area contributed by atoms with Gasteiger partial charge in [0.2, 0.25) is 5.91 Å². The minimum atomic E-state index is -2.95. The van der Waals surface area contributed by atoms with Gasteiger partial charge in [-0.05, 0) is 41.5 Å². The van der Waals surface area contributed by atoms with Crippen LogP contribution in [0.2, 0.25) is 0 Å². The molecule has 130 valence electrons. The summed E-state index contributed by atoms with van der Waals surface area (Å²) in [6.07, 6.45) is 0.589. The van der Waals surface area contributed by atoms with Crippen LogP contribution in [-0.4, -0.2) is 72.6 Å². The van der Waals surface area contributed by atoms with E-state index in [1.807, 2.05) is 17.0 Å². The van der Waals surface area contributed by atoms with E-state index in [0.717, 1.165) is 5.56 Å². The first-order valence-electron chi connectivity index (χ1n) is 7.70. The zero-order valence-electron chi connectivity index (χ0n) is 13.7. The van der Waals surface area contributed by atoms with Crippen LogP contribution >= 0.6 is 0 Å². The Morgan fingerprint density at radius 1 is 1.29 bits per heavy atom. The average molecular weight is 352 g/mol. The van der Waals surface area contributed by atoms with E-state index in [2.05, 4.69) is 14.9 Å². The van der Waals surface area contributed by atoms with Gasteiger partial charge in [-0.2, -0.15) is 0 Å². The molecule has 24 heavy (non-hydrogen) atoms. The highest BCUT2D eigenvalue weighted by Crippen LogP contribution is 2.17. The molecule has 1 amide bonds. The fraction of sp³-hybridized carbons (Fsp3) is 0.533. The van der Waals surface area contributed by atoms with E-state index in [0.29, 0.717) is 24.0 Å². The molecule has 1 aliphatic rings. The second-order valence-electron chi connectivity index (χ2n) is 6.31. The van der Waals surface area contributed by atoms with Gasteiger partial charge < -0.3 is 4.90 Å². The molecular formula is C15H20N4O4S. The Kier molecular flexibility index (Phi) is 4.55. The molecule has 0 spiro atoms. The van der Waals surface area contributed by atoms with Crippen LogP contribution in [0.25, 0.3) is 11.0 Å². The third-order valence-electron chi connectivity index (χ3n) is 4.38. The molecule has 0 radical (unpaired) electrons. The molecule has 1 atom stereocenters. The molecule has 1 aliphatic heterocycles. The van der Waals surface area contributed by atoms with Gasteiger partial charge in [-0.15, -0.1) is 0 Å². The number of sulfone groups is 1. The highest BCUT2D eigenvalue weighted by Gasteiger charge is 2.31. The molecule has 0 bridgehead atoms. The van der Waals surface area contributed by atoms with Crippen LogP contribution < -0.4 is 0 Å². The van der Waals surface area contributed by atoms with E-state index in [1.165, 1.54) is 0 Å². The lowest BCUT2D eigenvalue weighted by atomic mass is 10.2. The fourth-order valence-corrected chi connectivity index (χ4v) is 4.68. The second kappa shape index (κ2) is 6.48. The summed E-state index contributed by atoms with van der Waals surface area (Å²) in [5, 5.41) is 7.54. The zero-order chi connectivity index (χ0) is 17.3. The molecule has 0 unspecified atom stereocenters. The first-order chi connectivity index (χ1) is 11.3. The highest BCUT2D eigenvalue weighted by atomic mass is 32.2. The molecule has 0 aliphatic carbocycles. The van der Waals surface area contributed by atoms with E-state index in [-0.39, 0.29) is 30.0 Å². The van der Waals surface area contributed by atoms with E-state index in [1.54, 1.807) is 25.1 Å². The van der Waals surface area contributed by atoms with Gasteiger partial charge in [0, 0.05) is 19.6 Å². The number of aromatic nitrogens is 2. The molecule has 2 heterocycles. The van der Waals surface area contributed by atoms with Gasteiger partial charge in [0.05, 0.1) is 18.1 Å². The minimum Gasteiger partial charge on any atom is -0.340 e. The third-order valence-corrected chi connectivity index (χ3v) is 6.13. The average Bonchev–Trinajstić information content (AvgIpc) is 3.12. The number of amides is 1. The van der Waals surface area contributed by atoms with Gasteiger partial charge in [0.25, 0.3) is 0 Å². The number of fused-ring (bicyclic) bond motifs is 1. The predicted molar refractivity (Wildman–Crippen MR) is 88.0 cm³/mol. The summed E-state index contributed by atoms with van der Waals surface area (Å²) >= 11 is 0. The number of carbonyl (C=O) groups is 1. The Hall–Kier alpha value is -2.00. The Morgan fingerprint density at radius 2 is 2.04 bits per heavy atom. The third kappa shape index (κ3) is 3.73. The lowest BCUT2D eigenvalue weighted by Crippen LogP contribution is -2.41. The summed E-state index contributed by atoms with van der Waals surface area (Å²) in [7, 11) is 0.576. The highest BCUT2D eigenvalue weighted by molar-refractivity contribution is 7.91. The Balaban J connectivity index is 1.58. The molecule has 3 rings (SSSR count). The van der Waals surface area contributed by atoms with Gasteiger partial charge in [-0.3, -0.25) is 9.69 Å². The molecule has 1 aromatic carbocycles. The van der Waals surface area contributed by atoms with Crippen molar-refractivity contribution < 1.29 is 17.8 Å². The molecule has 8 nitrogen and oxygen atoms in total. The summed E-state index contributed by atoms with van der Waals surface area (Å²) < 4.78 is 27.8. The number of rotatable bonds is 5. The predicted octanol–water partition coefficient (Wildman–Crippen LogP) is 0.300. The molecule has 0 saturated carbocycles. The normalized spacial score (nSPS) is 19.9. The zero-order valence-corrected chi connectivity index (χ0v) is 14.5. The summed E-state index contributed by atoms with van der Waals surface area (Å²) in [6, 6.07) is 5.44. The molecule has 9 heteroatoms. The minimum absolute atomic E-state index is 0.0554. The van der Waals surface area contributed by atoms with E-state index >= 15 is 0 Å². The van der Waals surface area contributed by atoms with Crippen molar-refractivity contribution in [3.63, 3.8) is 0 Å². The Bertz CT molecular complexity index is 848. The first kappa shape index (κ1) is 16.8. The van der Waals surface area contributed by atoms with Crippen LogP contribution in [0.3, 0.4) is 0 Å². The van der Waals surface area contributed by atoms with Crippen LogP contribution in [0.4, 0.5) is 0 Å². The topological polar surface area (TPSA) is 96.6 Å². The maximum atomic E-state index is 12.4. The molecule has 1 saturated heterocycles. The van der Waals surface area contributed by atoms with Gasteiger partial charge in [0.1, 0.15) is 11.0 Å². The van der Waals surface area contributed by atoms with Crippen LogP contribution in [0, 0.1) is 0 Å². The number of benzene rings is 1. The number of hydrogen-bond acceptors (Lipinski definition) is 7.